The highest BCUT2D eigenvalue weighted by atomic mass is 79.9. The van der Waals surface area contributed by atoms with E-state index >= 15 is 0 Å². The van der Waals surface area contributed by atoms with Crippen LogP contribution in [0.2, 0.25) is 0 Å². The molecule has 1 amide bonds. The minimum Gasteiger partial charge on any atom is -0.324 e. The van der Waals surface area contributed by atoms with E-state index in [-0.39, 0.29) is 22.6 Å². The highest BCUT2D eigenvalue weighted by Gasteiger charge is 2.27. The van der Waals surface area contributed by atoms with Gasteiger partial charge in [-0.3, -0.25) is 9.78 Å². The molecule has 162 valence electrons. The molecule has 3 aromatic rings. The maximum atomic E-state index is 12.7. The number of hydrogen-bond acceptors (Lipinski definition) is 4. The Bertz CT molecular complexity index is 1190. The Morgan fingerprint density at radius 3 is 2.52 bits per heavy atom. The van der Waals surface area contributed by atoms with E-state index in [1.807, 2.05) is 30.3 Å². The summed E-state index contributed by atoms with van der Waals surface area (Å²) in [5.74, 6) is 0.163. The van der Waals surface area contributed by atoms with E-state index in [0.717, 1.165) is 36.6 Å². The molecule has 0 atom stereocenters. The van der Waals surface area contributed by atoms with Gasteiger partial charge in [0.15, 0.2) is 0 Å². The zero-order valence-electron chi connectivity index (χ0n) is 16.9. The SMILES string of the molecule is O=C(Nc1cnc2ccccc2c1)C1CCC(CNS(=O)(=O)c2ccccc2Br)CC1. The Balaban J connectivity index is 1.29. The molecule has 1 aliphatic rings. The van der Waals surface area contributed by atoms with Crippen molar-refractivity contribution in [2.45, 2.75) is 30.6 Å². The Morgan fingerprint density at radius 1 is 1.03 bits per heavy atom. The van der Waals surface area contributed by atoms with Gasteiger partial charge in [-0.15, -0.1) is 0 Å². The van der Waals surface area contributed by atoms with Crippen LogP contribution in [-0.2, 0) is 14.8 Å². The molecule has 1 aliphatic carbocycles. The number of rotatable bonds is 6. The second kappa shape index (κ2) is 9.46. The van der Waals surface area contributed by atoms with Crippen LogP contribution in [0.4, 0.5) is 5.69 Å². The lowest BCUT2D eigenvalue weighted by molar-refractivity contribution is -0.121. The molecular weight excluding hydrogens is 478 g/mol. The fourth-order valence-electron chi connectivity index (χ4n) is 3.98. The molecule has 0 unspecified atom stereocenters. The fourth-order valence-corrected chi connectivity index (χ4v) is 6.10. The van der Waals surface area contributed by atoms with E-state index in [2.05, 4.69) is 31.0 Å². The van der Waals surface area contributed by atoms with Crippen LogP contribution in [-0.4, -0.2) is 25.9 Å². The Morgan fingerprint density at radius 2 is 1.74 bits per heavy atom. The van der Waals surface area contributed by atoms with Crippen molar-refractivity contribution >= 4 is 48.5 Å². The van der Waals surface area contributed by atoms with Crippen LogP contribution >= 0.6 is 15.9 Å². The summed E-state index contributed by atoms with van der Waals surface area (Å²) >= 11 is 3.29. The first-order chi connectivity index (χ1) is 14.9. The number of amides is 1. The first-order valence-electron chi connectivity index (χ1n) is 10.3. The minimum atomic E-state index is -3.56. The summed E-state index contributed by atoms with van der Waals surface area (Å²) in [5, 5.41) is 3.97. The van der Waals surface area contributed by atoms with Crippen molar-refractivity contribution in [2.75, 3.05) is 11.9 Å². The zero-order valence-corrected chi connectivity index (χ0v) is 19.3. The molecule has 0 radical (unpaired) electrons. The number of carbonyl (C=O) groups is 1. The van der Waals surface area contributed by atoms with Crippen molar-refractivity contribution in [1.29, 1.82) is 0 Å². The number of nitrogens with zero attached hydrogens (tertiary/aromatic N) is 1. The monoisotopic (exact) mass is 501 g/mol. The van der Waals surface area contributed by atoms with Gasteiger partial charge < -0.3 is 5.32 Å². The second-order valence-corrected chi connectivity index (χ2v) is 10.5. The molecule has 1 aromatic heterocycles. The van der Waals surface area contributed by atoms with Crippen molar-refractivity contribution in [3.63, 3.8) is 0 Å². The number of benzene rings is 2. The maximum absolute atomic E-state index is 12.7. The summed E-state index contributed by atoms with van der Waals surface area (Å²) in [6.45, 7) is 0.382. The van der Waals surface area contributed by atoms with Gasteiger partial charge in [0.2, 0.25) is 15.9 Å². The van der Waals surface area contributed by atoms with Crippen molar-refractivity contribution in [2.24, 2.45) is 11.8 Å². The summed E-state index contributed by atoms with van der Waals surface area (Å²) in [6, 6.07) is 16.5. The summed E-state index contributed by atoms with van der Waals surface area (Å²) in [6.07, 6.45) is 4.80. The Kier molecular flexibility index (Phi) is 6.69. The topological polar surface area (TPSA) is 88.2 Å². The first kappa shape index (κ1) is 21.9. The van der Waals surface area contributed by atoms with E-state index < -0.39 is 10.0 Å². The lowest BCUT2D eigenvalue weighted by Gasteiger charge is -2.28. The van der Waals surface area contributed by atoms with E-state index in [4.69, 9.17) is 0 Å². The van der Waals surface area contributed by atoms with Crippen LogP contribution in [0.15, 0.2) is 70.2 Å². The summed E-state index contributed by atoms with van der Waals surface area (Å²) in [7, 11) is -3.56. The van der Waals surface area contributed by atoms with Gasteiger partial charge in [-0.1, -0.05) is 30.3 Å². The molecule has 2 N–H and O–H groups in total. The number of sulfonamides is 1. The van der Waals surface area contributed by atoms with Gasteiger partial charge in [0.05, 0.1) is 22.3 Å². The van der Waals surface area contributed by atoms with Gasteiger partial charge in [0, 0.05) is 22.3 Å². The molecule has 0 saturated heterocycles. The number of nitrogens with one attached hydrogen (secondary N) is 2. The molecule has 4 rings (SSSR count). The number of pyridine rings is 1. The van der Waals surface area contributed by atoms with E-state index in [1.165, 1.54) is 0 Å². The third-order valence-corrected chi connectivity index (χ3v) is 8.20. The number of halogens is 1. The average molecular weight is 502 g/mol. The molecule has 1 heterocycles. The second-order valence-electron chi connectivity index (χ2n) is 7.91. The van der Waals surface area contributed by atoms with Crippen LogP contribution < -0.4 is 10.0 Å². The van der Waals surface area contributed by atoms with Crippen LogP contribution in [0.5, 0.6) is 0 Å². The number of carbonyl (C=O) groups excluding carboxylic acids is 1. The number of anilines is 1. The molecule has 0 bridgehead atoms. The van der Waals surface area contributed by atoms with Crippen molar-refractivity contribution in [1.82, 2.24) is 9.71 Å². The van der Waals surface area contributed by atoms with Crippen LogP contribution in [0, 0.1) is 11.8 Å². The summed E-state index contributed by atoms with van der Waals surface area (Å²) < 4.78 is 28.4. The van der Waals surface area contributed by atoms with Gasteiger partial charge in [0.25, 0.3) is 0 Å². The molecule has 8 heteroatoms. The molecule has 1 saturated carbocycles. The molecule has 6 nitrogen and oxygen atoms in total. The lowest BCUT2D eigenvalue weighted by Crippen LogP contribution is -2.33. The van der Waals surface area contributed by atoms with E-state index in [1.54, 1.807) is 30.5 Å². The van der Waals surface area contributed by atoms with Crippen molar-refractivity contribution in [3.05, 3.63) is 65.3 Å². The smallest absolute Gasteiger partial charge is 0.241 e. The molecule has 1 fully saturated rings. The van der Waals surface area contributed by atoms with Gasteiger partial charge in [0.1, 0.15) is 0 Å². The van der Waals surface area contributed by atoms with Crippen LogP contribution in [0.3, 0.4) is 0 Å². The highest BCUT2D eigenvalue weighted by molar-refractivity contribution is 9.10. The highest BCUT2D eigenvalue weighted by Crippen LogP contribution is 2.30. The normalized spacial score (nSPS) is 19.3. The Labute approximate surface area is 190 Å². The lowest BCUT2D eigenvalue weighted by atomic mass is 9.81. The standard InChI is InChI=1S/C23H24BrN3O3S/c24-20-6-2-4-8-22(20)31(29,30)26-14-16-9-11-17(12-10-16)23(28)27-19-13-18-5-1-3-7-21(18)25-15-19/h1-8,13,15-17,26H,9-12,14H2,(H,27,28). The average Bonchev–Trinajstić information content (AvgIpc) is 2.78. The third kappa shape index (κ3) is 5.31. The van der Waals surface area contributed by atoms with Crippen molar-refractivity contribution in [3.8, 4) is 0 Å². The van der Waals surface area contributed by atoms with Gasteiger partial charge >= 0.3 is 0 Å². The van der Waals surface area contributed by atoms with Gasteiger partial charge in [-0.2, -0.15) is 0 Å². The fraction of sp³-hybridized carbons (Fsp3) is 0.304. The molecule has 0 aliphatic heterocycles. The Hall–Kier alpha value is -2.29. The number of fused-ring (bicyclic) bond motifs is 1. The van der Waals surface area contributed by atoms with Crippen molar-refractivity contribution < 1.29 is 13.2 Å². The minimum absolute atomic E-state index is 0.00401. The summed E-state index contributed by atoms with van der Waals surface area (Å²) in [5.41, 5.74) is 1.60. The predicted molar refractivity (Wildman–Crippen MR) is 125 cm³/mol. The van der Waals surface area contributed by atoms with Gasteiger partial charge in [-0.25, -0.2) is 13.1 Å². The molecule has 31 heavy (non-hydrogen) atoms. The quantitative estimate of drug-likeness (QED) is 0.511. The summed E-state index contributed by atoms with van der Waals surface area (Å²) in [4.78, 5) is 17.3. The first-order valence-corrected chi connectivity index (χ1v) is 12.6. The van der Waals surface area contributed by atoms with Crippen LogP contribution in [0.25, 0.3) is 10.9 Å². The number of aromatic nitrogens is 1. The molecule has 2 aromatic carbocycles. The largest absolute Gasteiger partial charge is 0.324 e. The molecule has 0 spiro atoms. The third-order valence-electron chi connectivity index (χ3n) is 5.76. The zero-order chi connectivity index (χ0) is 21.8. The van der Waals surface area contributed by atoms with Crippen LogP contribution in [0.1, 0.15) is 25.7 Å². The predicted octanol–water partition coefficient (Wildman–Crippen LogP) is 4.72. The van der Waals surface area contributed by atoms with E-state index in [0.29, 0.717) is 16.7 Å². The van der Waals surface area contributed by atoms with E-state index in [9.17, 15) is 13.2 Å². The number of hydrogen-bond donors (Lipinski definition) is 2. The maximum Gasteiger partial charge on any atom is 0.241 e. The molecular formula is C23H24BrN3O3S. The number of para-hydroxylation sites is 1. The van der Waals surface area contributed by atoms with Gasteiger partial charge in [-0.05, 0) is 71.8 Å².